The van der Waals surface area contributed by atoms with Gasteiger partial charge in [0.05, 0.1) is 23.7 Å². The third-order valence-electron chi connectivity index (χ3n) is 2.20. The van der Waals surface area contributed by atoms with Crippen molar-refractivity contribution in [1.82, 2.24) is 0 Å². The molecule has 2 aliphatic carbocycles. The Hall–Kier alpha value is -0.180. The minimum absolute atomic E-state index is 0.239. The van der Waals surface area contributed by atoms with Gasteiger partial charge in [0.25, 0.3) is 20.2 Å². The largest absolute Gasteiger partial charge is 0.268 e. The van der Waals surface area contributed by atoms with Gasteiger partial charge in [-0.25, -0.2) is 0 Å². The van der Waals surface area contributed by atoms with E-state index in [0.717, 1.165) is 25.7 Å². The summed E-state index contributed by atoms with van der Waals surface area (Å²) in [6.07, 6.45) is 2.43. The first-order chi connectivity index (χ1) is 7.36. The van der Waals surface area contributed by atoms with Crippen LogP contribution in [0.5, 0.6) is 0 Å². The molecule has 8 heteroatoms. The van der Waals surface area contributed by atoms with Crippen LogP contribution in [-0.2, 0) is 28.6 Å². The zero-order chi connectivity index (χ0) is 11.8. The van der Waals surface area contributed by atoms with Crippen LogP contribution in [0.3, 0.4) is 0 Å². The molecule has 94 valence electrons. The normalized spacial score (nSPS) is 22.2. The van der Waals surface area contributed by atoms with E-state index in [1.165, 1.54) is 0 Å². The molecular formula is C8H14O6S2. The molecule has 2 saturated carbocycles. The molecule has 0 N–H and O–H groups in total. The lowest BCUT2D eigenvalue weighted by Crippen LogP contribution is -2.21. The number of rotatable bonds is 7. The molecule has 0 aromatic rings. The SMILES string of the molecule is O=S(=O)(CCS(=O)(=O)OC1CC1)OC1CC1. The lowest BCUT2D eigenvalue weighted by Gasteiger charge is -2.05. The van der Waals surface area contributed by atoms with E-state index < -0.39 is 31.7 Å². The van der Waals surface area contributed by atoms with E-state index in [-0.39, 0.29) is 12.2 Å². The van der Waals surface area contributed by atoms with Gasteiger partial charge in [-0.1, -0.05) is 0 Å². The van der Waals surface area contributed by atoms with Gasteiger partial charge in [-0.2, -0.15) is 16.8 Å². The predicted octanol–water partition coefficient (Wildman–Crippen LogP) is 0.00400. The van der Waals surface area contributed by atoms with Gasteiger partial charge in [0.15, 0.2) is 0 Å². The third-order valence-corrected chi connectivity index (χ3v) is 4.99. The van der Waals surface area contributed by atoms with Crippen LogP contribution in [0.25, 0.3) is 0 Å². The fourth-order valence-corrected chi connectivity index (χ4v) is 4.08. The number of hydrogen-bond acceptors (Lipinski definition) is 6. The first kappa shape index (κ1) is 12.3. The molecule has 0 spiro atoms. The Labute approximate surface area is 95.2 Å². The van der Waals surface area contributed by atoms with Crippen molar-refractivity contribution in [2.24, 2.45) is 0 Å². The van der Waals surface area contributed by atoms with Crippen LogP contribution >= 0.6 is 0 Å². The van der Waals surface area contributed by atoms with E-state index in [1.807, 2.05) is 0 Å². The van der Waals surface area contributed by atoms with Crippen LogP contribution in [-0.4, -0.2) is 40.5 Å². The molecule has 0 unspecified atom stereocenters. The Bertz CT molecular complexity index is 399. The predicted molar refractivity (Wildman–Crippen MR) is 55.8 cm³/mol. The Kier molecular flexibility index (Phi) is 3.26. The lowest BCUT2D eigenvalue weighted by atomic mass is 10.9. The highest BCUT2D eigenvalue weighted by Gasteiger charge is 2.32. The Morgan fingerprint density at radius 3 is 1.31 bits per heavy atom. The zero-order valence-electron chi connectivity index (χ0n) is 8.66. The second-order valence-corrected chi connectivity index (χ2v) is 7.55. The minimum atomic E-state index is -3.73. The molecule has 16 heavy (non-hydrogen) atoms. The second-order valence-electron chi connectivity index (χ2n) is 4.11. The van der Waals surface area contributed by atoms with Crippen molar-refractivity contribution in [3.63, 3.8) is 0 Å². The molecule has 0 bridgehead atoms. The summed E-state index contributed by atoms with van der Waals surface area (Å²) in [4.78, 5) is 0. The second kappa shape index (κ2) is 4.25. The van der Waals surface area contributed by atoms with E-state index in [4.69, 9.17) is 8.37 Å². The van der Waals surface area contributed by atoms with Crippen LogP contribution in [0.1, 0.15) is 25.7 Å². The number of hydrogen-bond donors (Lipinski definition) is 0. The van der Waals surface area contributed by atoms with Gasteiger partial charge < -0.3 is 0 Å². The van der Waals surface area contributed by atoms with Crippen molar-refractivity contribution in [3.05, 3.63) is 0 Å². The highest BCUT2D eigenvalue weighted by Crippen LogP contribution is 2.27. The van der Waals surface area contributed by atoms with E-state index in [1.54, 1.807) is 0 Å². The molecule has 0 aromatic heterocycles. The summed E-state index contributed by atoms with van der Waals surface area (Å²) in [6, 6.07) is 0. The summed E-state index contributed by atoms with van der Waals surface area (Å²) in [5.74, 6) is -1.06. The van der Waals surface area contributed by atoms with Crippen molar-refractivity contribution in [3.8, 4) is 0 Å². The first-order valence-electron chi connectivity index (χ1n) is 5.18. The van der Waals surface area contributed by atoms with Gasteiger partial charge in [0.1, 0.15) is 0 Å². The van der Waals surface area contributed by atoms with Gasteiger partial charge in [-0.3, -0.25) is 8.37 Å². The summed E-state index contributed by atoms with van der Waals surface area (Å²) in [5, 5.41) is 0. The minimum Gasteiger partial charge on any atom is -0.267 e. The van der Waals surface area contributed by atoms with Crippen LogP contribution in [0.4, 0.5) is 0 Å². The molecule has 0 heterocycles. The fraction of sp³-hybridized carbons (Fsp3) is 1.00. The first-order valence-corrected chi connectivity index (χ1v) is 8.34. The maximum absolute atomic E-state index is 11.3. The van der Waals surface area contributed by atoms with Crippen LogP contribution < -0.4 is 0 Å². The highest BCUT2D eigenvalue weighted by molar-refractivity contribution is 7.90. The molecule has 0 aliphatic heterocycles. The van der Waals surface area contributed by atoms with Crippen molar-refractivity contribution in [2.75, 3.05) is 11.5 Å². The smallest absolute Gasteiger partial charge is 0.267 e. The van der Waals surface area contributed by atoms with Crippen LogP contribution in [0.2, 0.25) is 0 Å². The summed E-state index contributed by atoms with van der Waals surface area (Å²) >= 11 is 0. The van der Waals surface area contributed by atoms with E-state index in [2.05, 4.69) is 0 Å². The Balaban J connectivity index is 1.80. The zero-order valence-corrected chi connectivity index (χ0v) is 10.3. The average Bonchev–Trinajstić information content (AvgIpc) is 2.98. The molecule has 6 nitrogen and oxygen atoms in total. The maximum atomic E-state index is 11.3. The summed E-state index contributed by atoms with van der Waals surface area (Å²) in [6.45, 7) is 0. The molecule has 2 aliphatic rings. The lowest BCUT2D eigenvalue weighted by molar-refractivity contribution is 0.299. The van der Waals surface area contributed by atoms with Crippen molar-refractivity contribution < 1.29 is 25.2 Å². The van der Waals surface area contributed by atoms with Crippen LogP contribution in [0.15, 0.2) is 0 Å². The highest BCUT2D eigenvalue weighted by atomic mass is 32.2. The van der Waals surface area contributed by atoms with Gasteiger partial charge in [-0.15, -0.1) is 0 Å². The van der Waals surface area contributed by atoms with Gasteiger partial charge in [0, 0.05) is 0 Å². The van der Waals surface area contributed by atoms with E-state index in [9.17, 15) is 16.8 Å². The molecule has 0 aromatic carbocycles. The molecule has 2 rings (SSSR count). The van der Waals surface area contributed by atoms with Gasteiger partial charge >= 0.3 is 0 Å². The van der Waals surface area contributed by atoms with E-state index in [0.29, 0.717) is 0 Å². The molecular weight excluding hydrogens is 256 g/mol. The fourth-order valence-electron chi connectivity index (χ4n) is 1.04. The summed E-state index contributed by atoms with van der Waals surface area (Å²) in [5.41, 5.74) is 0. The topological polar surface area (TPSA) is 86.7 Å². The maximum Gasteiger partial charge on any atom is 0.268 e. The average molecular weight is 270 g/mol. The van der Waals surface area contributed by atoms with Crippen molar-refractivity contribution in [2.45, 2.75) is 37.9 Å². The van der Waals surface area contributed by atoms with Gasteiger partial charge in [-0.05, 0) is 25.7 Å². The van der Waals surface area contributed by atoms with Crippen LogP contribution in [0, 0.1) is 0 Å². The molecule has 0 saturated heterocycles. The standard InChI is InChI=1S/C8H14O6S2/c9-15(10,13-7-1-2-7)5-6-16(11,12)14-8-3-4-8/h7-8H,1-6H2. The van der Waals surface area contributed by atoms with Gasteiger partial charge in [0.2, 0.25) is 0 Å². The molecule has 2 fully saturated rings. The molecule has 0 amide bonds. The summed E-state index contributed by atoms with van der Waals surface area (Å²) in [7, 11) is -7.45. The van der Waals surface area contributed by atoms with Crippen molar-refractivity contribution >= 4 is 20.2 Å². The van der Waals surface area contributed by atoms with Crippen molar-refractivity contribution in [1.29, 1.82) is 0 Å². The van der Waals surface area contributed by atoms with E-state index >= 15 is 0 Å². The summed E-state index contributed by atoms with van der Waals surface area (Å²) < 4.78 is 54.6. The Morgan fingerprint density at radius 1 is 0.750 bits per heavy atom. The monoisotopic (exact) mass is 270 g/mol. The molecule has 0 atom stereocenters. The Morgan fingerprint density at radius 2 is 1.06 bits per heavy atom. The molecule has 0 radical (unpaired) electrons. The third kappa shape index (κ3) is 4.36. The quantitative estimate of drug-likeness (QED) is 0.605.